The molecule has 0 spiro atoms. The Morgan fingerprint density at radius 3 is 3.06 bits per heavy atom. The minimum absolute atomic E-state index is 0.792. The van der Waals surface area contributed by atoms with Gasteiger partial charge in [0.25, 0.3) is 0 Å². The molecule has 3 rings (SSSR count). The SMILES string of the molecule is Cc1cc(CC2CCNC2)c2ccccc2n1. The molecule has 2 aromatic rings. The predicted octanol–water partition coefficient (Wildman–Crippen LogP) is 2.70. The van der Waals surface area contributed by atoms with Crippen molar-refractivity contribution in [3.8, 4) is 0 Å². The number of nitrogens with zero attached hydrogens (tertiary/aromatic N) is 1. The molecule has 0 amide bonds. The zero-order valence-corrected chi connectivity index (χ0v) is 10.2. The number of hydrogen-bond acceptors (Lipinski definition) is 2. The van der Waals surface area contributed by atoms with Crippen molar-refractivity contribution in [2.45, 2.75) is 19.8 Å². The molecule has 1 unspecified atom stereocenters. The highest BCUT2D eigenvalue weighted by Gasteiger charge is 2.16. The van der Waals surface area contributed by atoms with Gasteiger partial charge in [0.15, 0.2) is 0 Å². The summed E-state index contributed by atoms with van der Waals surface area (Å²) in [5.74, 6) is 0.792. The Morgan fingerprint density at radius 2 is 2.24 bits per heavy atom. The molecule has 2 heterocycles. The lowest BCUT2D eigenvalue weighted by Crippen LogP contribution is -2.11. The molecule has 1 aromatic heterocycles. The van der Waals surface area contributed by atoms with Gasteiger partial charge in [0.05, 0.1) is 5.52 Å². The highest BCUT2D eigenvalue weighted by molar-refractivity contribution is 5.82. The average molecular weight is 226 g/mol. The fraction of sp³-hybridized carbons (Fsp3) is 0.400. The van der Waals surface area contributed by atoms with E-state index in [0.717, 1.165) is 23.7 Å². The number of para-hydroxylation sites is 1. The standard InChI is InChI=1S/C15H18N2/c1-11-8-13(9-12-6-7-16-10-12)14-4-2-3-5-15(14)17-11/h2-5,8,12,16H,6-7,9-10H2,1H3. The normalized spacial score (nSPS) is 19.9. The van der Waals surface area contributed by atoms with Crippen molar-refractivity contribution in [2.24, 2.45) is 5.92 Å². The van der Waals surface area contributed by atoms with Crippen molar-refractivity contribution in [2.75, 3.05) is 13.1 Å². The van der Waals surface area contributed by atoms with Crippen LogP contribution in [0.3, 0.4) is 0 Å². The molecule has 2 heteroatoms. The Morgan fingerprint density at radius 1 is 1.35 bits per heavy atom. The Kier molecular flexibility index (Phi) is 2.81. The highest BCUT2D eigenvalue weighted by atomic mass is 14.9. The van der Waals surface area contributed by atoms with Crippen LogP contribution in [0, 0.1) is 12.8 Å². The largest absolute Gasteiger partial charge is 0.316 e. The number of hydrogen-bond donors (Lipinski definition) is 1. The van der Waals surface area contributed by atoms with Crippen molar-refractivity contribution in [3.05, 3.63) is 41.6 Å². The molecule has 0 radical (unpaired) electrons. The van der Waals surface area contributed by atoms with Crippen molar-refractivity contribution in [1.82, 2.24) is 10.3 Å². The van der Waals surface area contributed by atoms with E-state index in [-0.39, 0.29) is 0 Å². The summed E-state index contributed by atoms with van der Waals surface area (Å²) in [6.45, 7) is 4.42. The van der Waals surface area contributed by atoms with Gasteiger partial charge in [-0.25, -0.2) is 0 Å². The molecule has 2 nitrogen and oxygen atoms in total. The fourth-order valence-electron chi connectivity index (χ4n) is 2.76. The summed E-state index contributed by atoms with van der Waals surface area (Å²) in [5, 5.41) is 4.76. The minimum atomic E-state index is 0.792. The van der Waals surface area contributed by atoms with E-state index in [4.69, 9.17) is 0 Å². The predicted molar refractivity (Wildman–Crippen MR) is 71.2 cm³/mol. The van der Waals surface area contributed by atoms with Crippen molar-refractivity contribution in [1.29, 1.82) is 0 Å². The lowest BCUT2D eigenvalue weighted by atomic mass is 9.95. The number of pyridine rings is 1. The second-order valence-corrected chi connectivity index (χ2v) is 5.00. The van der Waals surface area contributed by atoms with Gasteiger partial charge in [-0.2, -0.15) is 0 Å². The van der Waals surface area contributed by atoms with Gasteiger partial charge in [0, 0.05) is 11.1 Å². The first-order valence-electron chi connectivity index (χ1n) is 6.39. The van der Waals surface area contributed by atoms with E-state index >= 15 is 0 Å². The van der Waals surface area contributed by atoms with E-state index in [1.807, 2.05) is 0 Å². The van der Waals surface area contributed by atoms with Gasteiger partial charge < -0.3 is 5.32 Å². The van der Waals surface area contributed by atoms with E-state index in [1.165, 1.54) is 30.3 Å². The van der Waals surface area contributed by atoms with Crippen LogP contribution < -0.4 is 5.32 Å². The lowest BCUT2D eigenvalue weighted by Gasteiger charge is -2.11. The Bertz CT molecular complexity index is 527. The van der Waals surface area contributed by atoms with E-state index in [0.29, 0.717) is 0 Å². The van der Waals surface area contributed by atoms with Crippen molar-refractivity contribution >= 4 is 10.9 Å². The molecule has 1 saturated heterocycles. The quantitative estimate of drug-likeness (QED) is 0.851. The number of benzene rings is 1. The van der Waals surface area contributed by atoms with Gasteiger partial charge in [-0.1, -0.05) is 18.2 Å². The maximum absolute atomic E-state index is 4.60. The summed E-state index contributed by atoms with van der Waals surface area (Å²) >= 11 is 0. The molecule has 1 aromatic carbocycles. The van der Waals surface area contributed by atoms with E-state index in [9.17, 15) is 0 Å². The summed E-state index contributed by atoms with van der Waals surface area (Å²) in [7, 11) is 0. The Hall–Kier alpha value is -1.41. The first-order valence-corrected chi connectivity index (χ1v) is 6.39. The molecule has 1 N–H and O–H groups in total. The first-order chi connectivity index (χ1) is 8.33. The van der Waals surface area contributed by atoms with Gasteiger partial charge in [0.1, 0.15) is 0 Å². The summed E-state index contributed by atoms with van der Waals surface area (Å²) in [6, 6.07) is 10.7. The zero-order valence-electron chi connectivity index (χ0n) is 10.2. The summed E-state index contributed by atoms with van der Waals surface area (Å²) in [5.41, 5.74) is 3.72. The summed E-state index contributed by atoms with van der Waals surface area (Å²) in [4.78, 5) is 4.60. The van der Waals surface area contributed by atoms with Crippen LogP contribution in [0.4, 0.5) is 0 Å². The zero-order chi connectivity index (χ0) is 11.7. The van der Waals surface area contributed by atoms with Crippen LogP contribution in [-0.2, 0) is 6.42 Å². The molecule has 1 fully saturated rings. The van der Waals surface area contributed by atoms with Crippen LogP contribution >= 0.6 is 0 Å². The van der Waals surface area contributed by atoms with Crippen LogP contribution in [0.15, 0.2) is 30.3 Å². The van der Waals surface area contributed by atoms with Crippen LogP contribution in [-0.4, -0.2) is 18.1 Å². The van der Waals surface area contributed by atoms with E-state index in [1.54, 1.807) is 0 Å². The molecule has 0 bridgehead atoms. The van der Waals surface area contributed by atoms with Gasteiger partial charge in [-0.3, -0.25) is 4.98 Å². The van der Waals surface area contributed by atoms with Crippen LogP contribution in [0.1, 0.15) is 17.7 Å². The van der Waals surface area contributed by atoms with Crippen molar-refractivity contribution in [3.63, 3.8) is 0 Å². The average Bonchev–Trinajstić information content (AvgIpc) is 2.81. The molecule has 88 valence electrons. The smallest absolute Gasteiger partial charge is 0.0707 e. The summed E-state index contributed by atoms with van der Waals surface area (Å²) in [6.07, 6.45) is 2.48. The monoisotopic (exact) mass is 226 g/mol. The van der Waals surface area contributed by atoms with Crippen LogP contribution in [0.2, 0.25) is 0 Å². The maximum Gasteiger partial charge on any atom is 0.0707 e. The molecule has 1 aliphatic heterocycles. The Balaban J connectivity index is 2.01. The molecule has 1 atom stereocenters. The molecule has 17 heavy (non-hydrogen) atoms. The molecule has 0 saturated carbocycles. The van der Waals surface area contributed by atoms with E-state index < -0.39 is 0 Å². The lowest BCUT2D eigenvalue weighted by molar-refractivity contribution is 0.582. The molecular formula is C15H18N2. The summed E-state index contributed by atoms with van der Waals surface area (Å²) < 4.78 is 0. The topological polar surface area (TPSA) is 24.9 Å². The third-order valence-electron chi connectivity index (χ3n) is 3.60. The molecular weight excluding hydrogens is 208 g/mol. The van der Waals surface area contributed by atoms with Gasteiger partial charge in [0.2, 0.25) is 0 Å². The number of aromatic nitrogens is 1. The maximum atomic E-state index is 4.60. The minimum Gasteiger partial charge on any atom is -0.316 e. The number of fused-ring (bicyclic) bond motifs is 1. The van der Waals surface area contributed by atoms with Gasteiger partial charge >= 0.3 is 0 Å². The molecule has 1 aliphatic rings. The third-order valence-corrected chi connectivity index (χ3v) is 3.60. The second-order valence-electron chi connectivity index (χ2n) is 5.00. The van der Waals surface area contributed by atoms with Crippen molar-refractivity contribution < 1.29 is 0 Å². The number of nitrogens with one attached hydrogen (secondary N) is 1. The fourth-order valence-corrected chi connectivity index (χ4v) is 2.76. The Labute approximate surface area is 102 Å². The van der Waals surface area contributed by atoms with Gasteiger partial charge in [-0.15, -0.1) is 0 Å². The number of aryl methyl sites for hydroxylation is 1. The number of rotatable bonds is 2. The van der Waals surface area contributed by atoms with E-state index in [2.05, 4.69) is 47.6 Å². The molecule has 0 aliphatic carbocycles. The van der Waals surface area contributed by atoms with Crippen LogP contribution in [0.5, 0.6) is 0 Å². The van der Waals surface area contributed by atoms with Crippen LogP contribution in [0.25, 0.3) is 10.9 Å². The third kappa shape index (κ3) is 2.18. The highest BCUT2D eigenvalue weighted by Crippen LogP contribution is 2.23. The second kappa shape index (κ2) is 4.46. The first kappa shape index (κ1) is 10.7. The van der Waals surface area contributed by atoms with Gasteiger partial charge in [-0.05, 0) is 56.5 Å².